The second kappa shape index (κ2) is 7.58. The fourth-order valence-corrected chi connectivity index (χ4v) is 4.89. The first-order valence-corrected chi connectivity index (χ1v) is 10.1. The minimum atomic E-state index is 0.00250. The molecule has 1 saturated carbocycles. The number of rotatable bonds is 7. The van der Waals surface area contributed by atoms with Crippen LogP contribution in [-0.4, -0.2) is 55.2 Å². The zero-order chi connectivity index (χ0) is 19.0. The zero-order valence-electron chi connectivity index (χ0n) is 15.7. The summed E-state index contributed by atoms with van der Waals surface area (Å²) in [6.07, 6.45) is 1.20. The average molecular weight is 388 g/mol. The summed E-state index contributed by atoms with van der Waals surface area (Å²) in [6.45, 7) is 4.29. The highest BCUT2D eigenvalue weighted by atomic mass is 32.1. The molecule has 2 aliphatic rings. The number of likely N-dealkylation sites (tertiary alicyclic amines) is 1. The maximum Gasteiger partial charge on any atom is 0.274 e. The van der Waals surface area contributed by atoms with Crippen molar-refractivity contribution in [2.45, 2.75) is 19.4 Å². The van der Waals surface area contributed by atoms with Crippen LogP contribution in [0.2, 0.25) is 0 Å². The summed E-state index contributed by atoms with van der Waals surface area (Å²) in [6, 6.07) is 7.96. The van der Waals surface area contributed by atoms with Gasteiger partial charge in [-0.05, 0) is 42.9 Å². The van der Waals surface area contributed by atoms with Gasteiger partial charge in [0, 0.05) is 26.2 Å². The van der Waals surface area contributed by atoms with Crippen LogP contribution in [-0.2, 0) is 4.74 Å². The van der Waals surface area contributed by atoms with E-state index in [1.165, 1.54) is 6.42 Å². The van der Waals surface area contributed by atoms with Crippen LogP contribution < -0.4 is 10.5 Å². The van der Waals surface area contributed by atoms with Gasteiger partial charge in [-0.1, -0.05) is 12.1 Å². The quantitative estimate of drug-likeness (QED) is 0.739. The molecule has 1 amide bonds. The number of nitrogens with zero attached hydrogens (tertiary/aromatic N) is 2. The van der Waals surface area contributed by atoms with Crippen LogP contribution in [0.3, 0.4) is 0 Å². The van der Waals surface area contributed by atoms with E-state index in [0.717, 1.165) is 27.7 Å². The Kier molecular flexibility index (Phi) is 5.16. The molecule has 7 heteroatoms. The number of carbonyl (C=O) groups is 1. The summed E-state index contributed by atoms with van der Waals surface area (Å²) in [5, 5.41) is 0.882. The molecule has 3 atom stereocenters. The number of amides is 1. The van der Waals surface area contributed by atoms with Crippen molar-refractivity contribution >= 4 is 17.2 Å². The Morgan fingerprint density at radius 1 is 1.41 bits per heavy atom. The second-order valence-corrected chi connectivity index (χ2v) is 8.40. The zero-order valence-corrected chi connectivity index (χ0v) is 16.5. The SMILES string of the molecule is COCCOc1cccc(-c2sc(C)nc2C(=O)N2C[C@H]3C[C@H]3[C@H]2CN)c1. The summed E-state index contributed by atoms with van der Waals surface area (Å²) >= 11 is 1.54. The van der Waals surface area contributed by atoms with Gasteiger partial charge in [0.1, 0.15) is 18.1 Å². The number of thiazole rings is 1. The molecule has 1 aliphatic heterocycles. The van der Waals surface area contributed by atoms with E-state index in [9.17, 15) is 4.79 Å². The molecule has 1 saturated heterocycles. The fraction of sp³-hybridized carbons (Fsp3) is 0.500. The number of hydrogen-bond acceptors (Lipinski definition) is 6. The predicted molar refractivity (Wildman–Crippen MR) is 105 cm³/mol. The van der Waals surface area contributed by atoms with Gasteiger partial charge in [0.05, 0.1) is 16.5 Å². The molecule has 2 heterocycles. The molecular formula is C20H25N3O3S. The van der Waals surface area contributed by atoms with Crippen molar-refractivity contribution in [3.8, 4) is 16.2 Å². The van der Waals surface area contributed by atoms with Crippen LogP contribution in [0, 0.1) is 18.8 Å². The molecular weight excluding hydrogens is 362 g/mol. The average Bonchev–Trinajstić information content (AvgIpc) is 3.17. The summed E-state index contributed by atoms with van der Waals surface area (Å²) < 4.78 is 10.7. The predicted octanol–water partition coefficient (Wildman–Crippen LogP) is 2.56. The lowest BCUT2D eigenvalue weighted by Gasteiger charge is -2.26. The minimum Gasteiger partial charge on any atom is -0.491 e. The Hall–Kier alpha value is -1.96. The third-order valence-electron chi connectivity index (χ3n) is 5.39. The van der Waals surface area contributed by atoms with Gasteiger partial charge in [0.15, 0.2) is 0 Å². The molecule has 0 radical (unpaired) electrons. The summed E-state index contributed by atoms with van der Waals surface area (Å²) in [5.41, 5.74) is 7.44. The van der Waals surface area contributed by atoms with Gasteiger partial charge >= 0.3 is 0 Å². The van der Waals surface area contributed by atoms with E-state index < -0.39 is 0 Å². The number of benzene rings is 1. The topological polar surface area (TPSA) is 77.7 Å². The molecule has 144 valence electrons. The smallest absolute Gasteiger partial charge is 0.274 e. The lowest BCUT2D eigenvalue weighted by molar-refractivity contribution is 0.0708. The van der Waals surface area contributed by atoms with Crippen LogP contribution in [0.15, 0.2) is 24.3 Å². The van der Waals surface area contributed by atoms with Crippen molar-refractivity contribution < 1.29 is 14.3 Å². The number of piperidine rings is 1. The normalized spacial score (nSPS) is 23.4. The third kappa shape index (κ3) is 3.59. The number of hydrogen-bond donors (Lipinski definition) is 1. The van der Waals surface area contributed by atoms with Crippen LogP contribution in [0.4, 0.5) is 0 Å². The summed E-state index contributed by atoms with van der Waals surface area (Å²) in [7, 11) is 1.65. The van der Waals surface area contributed by atoms with Crippen LogP contribution in [0.1, 0.15) is 21.9 Å². The number of aryl methyl sites for hydroxylation is 1. The van der Waals surface area contributed by atoms with Crippen molar-refractivity contribution in [1.82, 2.24) is 9.88 Å². The standard InChI is InChI=1S/C20H25N3O3S/c1-12-22-18(20(24)23-11-14-9-16(14)17(23)10-21)19(27-12)13-4-3-5-15(8-13)26-7-6-25-2/h3-5,8,14,16-17H,6-7,9-11,21H2,1-2H3/t14-,16-,17-/m1/s1. The van der Waals surface area contributed by atoms with Gasteiger partial charge in [-0.3, -0.25) is 4.79 Å². The maximum absolute atomic E-state index is 13.3. The number of aromatic nitrogens is 1. The van der Waals surface area contributed by atoms with Gasteiger partial charge in [-0.25, -0.2) is 4.98 Å². The molecule has 1 aliphatic carbocycles. The molecule has 6 nitrogen and oxygen atoms in total. The minimum absolute atomic E-state index is 0.00250. The second-order valence-electron chi connectivity index (χ2n) is 7.20. The highest BCUT2D eigenvalue weighted by molar-refractivity contribution is 7.15. The molecule has 2 fully saturated rings. The molecule has 1 aromatic heterocycles. The Balaban J connectivity index is 1.60. The molecule has 0 spiro atoms. The van der Waals surface area contributed by atoms with E-state index in [2.05, 4.69) is 4.98 Å². The molecule has 0 unspecified atom stereocenters. The van der Waals surface area contributed by atoms with Gasteiger partial charge in [-0.2, -0.15) is 0 Å². The Labute approximate surface area is 163 Å². The Bertz CT molecular complexity index is 838. The molecule has 4 rings (SSSR count). The van der Waals surface area contributed by atoms with Gasteiger partial charge in [0.25, 0.3) is 5.91 Å². The molecule has 2 N–H and O–H groups in total. The van der Waals surface area contributed by atoms with Crippen LogP contribution in [0.25, 0.3) is 10.4 Å². The van der Waals surface area contributed by atoms with Crippen LogP contribution >= 0.6 is 11.3 Å². The van der Waals surface area contributed by atoms with Crippen LogP contribution in [0.5, 0.6) is 5.75 Å². The molecule has 27 heavy (non-hydrogen) atoms. The largest absolute Gasteiger partial charge is 0.491 e. The summed E-state index contributed by atoms with van der Waals surface area (Å²) in [5.74, 6) is 1.97. The monoisotopic (exact) mass is 387 g/mol. The number of nitrogens with two attached hydrogens (primary N) is 1. The summed E-state index contributed by atoms with van der Waals surface area (Å²) in [4.78, 5) is 20.7. The highest BCUT2D eigenvalue weighted by Gasteiger charge is 2.53. The lowest BCUT2D eigenvalue weighted by Crippen LogP contribution is -2.43. The van der Waals surface area contributed by atoms with E-state index >= 15 is 0 Å². The van der Waals surface area contributed by atoms with E-state index in [1.54, 1.807) is 18.4 Å². The van der Waals surface area contributed by atoms with Crippen molar-refractivity contribution in [3.05, 3.63) is 35.0 Å². The highest BCUT2D eigenvalue weighted by Crippen LogP contribution is 2.49. The van der Waals surface area contributed by atoms with Gasteiger partial charge < -0.3 is 20.1 Å². The van der Waals surface area contributed by atoms with E-state index in [1.807, 2.05) is 36.1 Å². The molecule has 2 aromatic rings. The van der Waals surface area contributed by atoms with E-state index in [0.29, 0.717) is 37.3 Å². The Morgan fingerprint density at radius 3 is 3.04 bits per heavy atom. The van der Waals surface area contributed by atoms with E-state index in [4.69, 9.17) is 15.2 Å². The lowest BCUT2D eigenvalue weighted by atomic mass is 10.1. The third-order valence-corrected chi connectivity index (χ3v) is 6.41. The number of fused-ring (bicyclic) bond motifs is 1. The first-order valence-electron chi connectivity index (χ1n) is 9.33. The number of methoxy groups -OCH3 is 1. The maximum atomic E-state index is 13.3. The van der Waals surface area contributed by atoms with Crippen molar-refractivity contribution in [1.29, 1.82) is 0 Å². The van der Waals surface area contributed by atoms with Crippen molar-refractivity contribution in [2.75, 3.05) is 33.4 Å². The van der Waals surface area contributed by atoms with Gasteiger partial charge in [-0.15, -0.1) is 11.3 Å². The number of ether oxygens (including phenoxy) is 2. The van der Waals surface area contributed by atoms with Crippen molar-refractivity contribution in [3.63, 3.8) is 0 Å². The molecule has 1 aromatic carbocycles. The first kappa shape index (κ1) is 18.4. The van der Waals surface area contributed by atoms with Gasteiger partial charge in [0.2, 0.25) is 0 Å². The molecule has 0 bridgehead atoms. The number of carbonyl (C=O) groups excluding carboxylic acids is 1. The first-order chi connectivity index (χ1) is 13.1. The fourth-order valence-electron chi connectivity index (χ4n) is 3.98. The van der Waals surface area contributed by atoms with E-state index in [-0.39, 0.29) is 11.9 Å². The van der Waals surface area contributed by atoms with Crippen molar-refractivity contribution in [2.24, 2.45) is 17.6 Å². The Morgan fingerprint density at radius 2 is 2.26 bits per heavy atom.